The first-order chi connectivity index (χ1) is 11.0. The molecule has 1 aromatic heterocycles. The highest BCUT2D eigenvalue weighted by Gasteiger charge is 2.28. The Morgan fingerprint density at radius 2 is 1.88 bits per heavy atom. The normalized spacial score (nSPS) is 13.8. The number of hydrogen-bond donors (Lipinski definition) is 2. The zero-order valence-corrected chi connectivity index (χ0v) is 17.3. The molecule has 0 atom stereocenters. The third-order valence-corrected chi connectivity index (χ3v) is 7.60. The molecule has 7 heteroatoms. The summed E-state index contributed by atoms with van der Waals surface area (Å²) >= 11 is 1.73. The predicted molar refractivity (Wildman–Crippen MR) is 105 cm³/mol. The van der Waals surface area contributed by atoms with Gasteiger partial charge < -0.3 is 10.6 Å². The maximum absolute atomic E-state index is 12.2. The van der Waals surface area contributed by atoms with Gasteiger partial charge >= 0.3 is 0 Å². The fraction of sp³-hybridized carbons (Fsp3) is 0.706. The Labute approximate surface area is 150 Å². The van der Waals surface area contributed by atoms with E-state index in [1.807, 2.05) is 13.0 Å². The highest BCUT2D eigenvalue weighted by Crippen LogP contribution is 2.27. The molecular weight excluding hydrogens is 342 g/mol. The summed E-state index contributed by atoms with van der Waals surface area (Å²) in [4.78, 5) is 5.92. The summed E-state index contributed by atoms with van der Waals surface area (Å²) in [5.74, 6) is 0.751. The van der Waals surface area contributed by atoms with E-state index in [0.717, 1.165) is 6.54 Å². The molecule has 1 heterocycles. The average molecular weight is 374 g/mol. The number of rotatable bonds is 7. The Bertz CT molecular complexity index is 627. The van der Waals surface area contributed by atoms with Crippen molar-refractivity contribution in [2.24, 2.45) is 4.99 Å². The summed E-state index contributed by atoms with van der Waals surface area (Å²) in [7, 11) is -3.13. The van der Waals surface area contributed by atoms with Crippen LogP contribution in [0.15, 0.2) is 22.5 Å². The van der Waals surface area contributed by atoms with Gasteiger partial charge in [0.2, 0.25) is 0 Å². The van der Waals surface area contributed by atoms with Crippen LogP contribution in [-0.2, 0) is 15.3 Å². The number of nitrogens with zero attached hydrogens (tertiary/aromatic N) is 1. The zero-order valence-electron chi connectivity index (χ0n) is 15.6. The highest BCUT2D eigenvalue weighted by molar-refractivity contribution is 7.92. The minimum Gasteiger partial charge on any atom is -0.357 e. The van der Waals surface area contributed by atoms with E-state index in [1.165, 1.54) is 4.88 Å². The second kappa shape index (κ2) is 8.34. The van der Waals surface area contributed by atoms with Crippen LogP contribution in [0.1, 0.15) is 46.4 Å². The summed E-state index contributed by atoms with van der Waals surface area (Å²) in [5.41, 5.74) is -0.0476. The molecule has 0 saturated carbocycles. The van der Waals surface area contributed by atoms with Gasteiger partial charge in [-0.05, 0) is 39.1 Å². The molecule has 1 rings (SSSR count). The summed E-state index contributed by atoms with van der Waals surface area (Å²) in [6.07, 6.45) is 0. The molecule has 0 aromatic carbocycles. The van der Waals surface area contributed by atoms with Crippen LogP contribution in [0.25, 0.3) is 0 Å². The van der Waals surface area contributed by atoms with Gasteiger partial charge in [0.25, 0.3) is 0 Å². The molecule has 24 heavy (non-hydrogen) atoms. The van der Waals surface area contributed by atoms with Crippen LogP contribution in [0.5, 0.6) is 0 Å². The summed E-state index contributed by atoms with van der Waals surface area (Å²) in [5, 5.41) is 8.37. The number of aliphatic imine (C=N–C) groups is 1. The van der Waals surface area contributed by atoms with Gasteiger partial charge in [-0.3, -0.25) is 4.99 Å². The first-order valence-corrected chi connectivity index (χ1v) is 10.8. The molecule has 0 saturated heterocycles. The number of guanidine groups is 1. The molecule has 1 aromatic rings. The van der Waals surface area contributed by atoms with Crippen molar-refractivity contribution in [3.63, 3.8) is 0 Å². The zero-order chi connectivity index (χ0) is 18.4. The van der Waals surface area contributed by atoms with Gasteiger partial charge in [-0.25, -0.2) is 8.42 Å². The van der Waals surface area contributed by atoms with E-state index in [-0.39, 0.29) is 11.2 Å². The van der Waals surface area contributed by atoms with Crippen molar-refractivity contribution in [2.45, 2.75) is 51.7 Å². The Kier molecular flexibility index (Phi) is 7.28. The van der Waals surface area contributed by atoms with E-state index in [0.29, 0.717) is 19.0 Å². The minimum absolute atomic E-state index is 0.0476. The van der Waals surface area contributed by atoms with Crippen LogP contribution in [0.2, 0.25) is 0 Å². The van der Waals surface area contributed by atoms with Gasteiger partial charge in [0.05, 0.1) is 17.0 Å². The fourth-order valence-electron chi connectivity index (χ4n) is 1.97. The number of hydrogen-bond acceptors (Lipinski definition) is 4. The second-order valence-corrected chi connectivity index (χ2v) is 11.2. The number of thiophene rings is 1. The summed E-state index contributed by atoms with van der Waals surface area (Å²) < 4.78 is 23.6. The van der Waals surface area contributed by atoms with Crippen LogP contribution in [0.4, 0.5) is 0 Å². The van der Waals surface area contributed by atoms with E-state index >= 15 is 0 Å². The van der Waals surface area contributed by atoms with Gasteiger partial charge in [-0.1, -0.05) is 19.9 Å². The van der Waals surface area contributed by atoms with Crippen molar-refractivity contribution < 1.29 is 8.42 Å². The minimum atomic E-state index is -3.13. The Morgan fingerprint density at radius 1 is 1.21 bits per heavy atom. The molecule has 0 amide bonds. The standard InChI is InChI=1S/C17H31N3O2S2/c1-7-18-15(19-10-12-24(21,22)16(2,3)4)20-13-17(5,6)14-9-8-11-23-14/h8-9,11H,7,10,12-13H2,1-6H3,(H2,18,19,20). The molecular formula is C17H31N3O2S2. The van der Waals surface area contributed by atoms with Crippen LogP contribution in [0, 0.1) is 0 Å². The van der Waals surface area contributed by atoms with E-state index in [2.05, 4.69) is 40.9 Å². The smallest absolute Gasteiger partial charge is 0.191 e. The number of sulfone groups is 1. The second-order valence-electron chi connectivity index (χ2n) is 7.41. The van der Waals surface area contributed by atoms with Gasteiger partial charge in [-0.15, -0.1) is 11.3 Å². The van der Waals surface area contributed by atoms with Crippen molar-refractivity contribution in [1.82, 2.24) is 10.6 Å². The van der Waals surface area contributed by atoms with Crippen LogP contribution in [0.3, 0.4) is 0 Å². The van der Waals surface area contributed by atoms with Gasteiger partial charge in [0.15, 0.2) is 15.8 Å². The maximum atomic E-state index is 12.2. The van der Waals surface area contributed by atoms with Crippen LogP contribution in [-0.4, -0.2) is 44.5 Å². The Balaban J connectivity index is 2.67. The monoisotopic (exact) mass is 373 g/mol. The molecule has 0 aliphatic heterocycles. The SMILES string of the molecule is CCNC(=NCC(C)(C)c1cccs1)NCCS(=O)(=O)C(C)(C)C. The Hall–Kier alpha value is -1.08. The van der Waals surface area contributed by atoms with Gasteiger partial charge in [-0.2, -0.15) is 0 Å². The van der Waals surface area contributed by atoms with Crippen molar-refractivity contribution in [1.29, 1.82) is 0 Å². The molecule has 2 N–H and O–H groups in total. The fourth-order valence-corrected chi connectivity index (χ4v) is 3.80. The van der Waals surface area contributed by atoms with Crippen molar-refractivity contribution >= 4 is 27.1 Å². The van der Waals surface area contributed by atoms with Crippen LogP contribution >= 0.6 is 11.3 Å². The summed E-state index contributed by atoms with van der Waals surface area (Å²) in [6.45, 7) is 13.2. The third kappa shape index (κ3) is 6.09. The molecule has 0 radical (unpaired) electrons. The lowest BCUT2D eigenvalue weighted by Crippen LogP contribution is -2.42. The molecule has 0 aliphatic carbocycles. The summed E-state index contributed by atoms with van der Waals surface area (Å²) in [6, 6.07) is 4.17. The van der Waals surface area contributed by atoms with E-state index in [4.69, 9.17) is 0 Å². The maximum Gasteiger partial charge on any atom is 0.191 e. The van der Waals surface area contributed by atoms with Crippen molar-refractivity contribution in [3.8, 4) is 0 Å². The average Bonchev–Trinajstić information content (AvgIpc) is 2.98. The van der Waals surface area contributed by atoms with E-state index in [9.17, 15) is 8.42 Å². The molecule has 0 bridgehead atoms. The molecule has 0 aliphatic rings. The molecule has 0 spiro atoms. The lowest BCUT2D eigenvalue weighted by Gasteiger charge is -2.22. The molecule has 0 fully saturated rings. The lowest BCUT2D eigenvalue weighted by molar-refractivity contribution is 0.547. The third-order valence-electron chi connectivity index (χ3n) is 3.76. The predicted octanol–water partition coefficient (Wildman–Crippen LogP) is 2.79. The van der Waals surface area contributed by atoms with Gasteiger partial charge in [0.1, 0.15) is 0 Å². The first-order valence-electron chi connectivity index (χ1n) is 8.28. The molecule has 0 unspecified atom stereocenters. The quantitative estimate of drug-likeness (QED) is 0.569. The van der Waals surface area contributed by atoms with Crippen molar-refractivity contribution in [2.75, 3.05) is 25.4 Å². The Morgan fingerprint density at radius 3 is 2.38 bits per heavy atom. The van der Waals surface area contributed by atoms with Gasteiger partial charge in [0, 0.05) is 23.4 Å². The first kappa shape index (κ1) is 21.0. The lowest BCUT2D eigenvalue weighted by atomic mass is 9.92. The van der Waals surface area contributed by atoms with E-state index in [1.54, 1.807) is 32.1 Å². The van der Waals surface area contributed by atoms with Crippen LogP contribution < -0.4 is 10.6 Å². The molecule has 5 nitrogen and oxygen atoms in total. The van der Waals surface area contributed by atoms with Crippen molar-refractivity contribution in [3.05, 3.63) is 22.4 Å². The largest absolute Gasteiger partial charge is 0.357 e. The molecule has 138 valence electrons. The number of nitrogens with one attached hydrogen (secondary N) is 2. The highest BCUT2D eigenvalue weighted by atomic mass is 32.2. The topological polar surface area (TPSA) is 70.6 Å². The van der Waals surface area contributed by atoms with E-state index < -0.39 is 14.6 Å².